The molecule has 0 radical (unpaired) electrons. The Kier molecular flexibility index (Phi) is 6.19. The molecule has 6 heteroatoms. The average Bonchev–Trinajstić information content (AvgIpc) is 2.54. The van der Waals surface area contributed by atoms with Crippen LogP contribution in [-0.2, 0) is 0 Å². The van der Waals surface area contributed by atoms with Crippen LogP contribution in [0.15, 0.2) is 42.5 Å². The van der Waals surface area contributed by atoms with Crippen molar-refractivity contribution in [3.8, 4) is 5.75 Å². The van der Waals surface area contributed by atoms with Gasteiger partial charge in [0.25, 0.3) is 11.8 Å². The molecule has 0 fully saturated rings. The number of rotatable bonds is 5. The van der Waals surface area contributed by atoms with Crippen LogP contribution in [0.3, 0.4) is 0 Å². The van der Waals surface area contributed by atoms with Crippen molar-refractivity contribution in [2.75, 3.05) is 12.4 Å². The van der Waals surface area contributed by atoms with Crippen molar-refractivity contribution < 1.29 is 14.3 Å². The number of carbonyl (C=O) groups excluding carboxylic acids is 2. The Balaban J connectivity index is 2.23. The minimum absolute atomic E-state index is 0.0180. The minimum Gasteiger partial charge on any atom is -0.496 e. The van der Waals surface area contributed by atoms with Crippen LogP contribution >= 0.6 is 22.6 Å². The first-order valence-corrected chi connectivity index (χ1v) is 8.55. The number of carbonyl (C=O) groups is 2. The van der Waals surface area contributed by atoms with Crippen LogP contribution in [0.1, 0.15) is 34.6 Å². The SMILES string of the molecule is COc1ccc(C(=O)Nc2ccccc2C(=O)NC(C)C)cc1I. The lowest BCUT2D eigenvalue weighted by Crippen LogP contribution is -2.31. The van der Waals surface area contributed by atoms with Gasteiger partial charge in [0.1, 0.15) is 5.75 Å². The molecule has 2 amide bonds. The molecule has 0 aliphatic heterocycles. The maximum Gasteiger partial charge on any atom is 0.255 e. The van der Waals surface area contributed by atoms with Crippen molar-refractivity contribution in [2.24, 2.45) is 0 Å². The summed E-state index contributed by atoms with van der Waals surface area (Å²) in [5, 5.41) is 5.63. The standard InChI is InChI=1S/C18H19IN2O3/c1-11(2)20-18(23)13-6-4-5-7-15(13)21-17(22)12-8-9-16(24-3)14(19)10-12/h4-11H,1-3H3,(H,20,23)(H,21,22). The number of methoxy groups -OCH3 is 1. The maximum absolute atomic E-state index is 12.5. The van der Waals surface area contributed by atoms with Gasteiger partial charge < -0.3 is 15.4 Å². The predicted molar refractivity (Wildman–Crippen MR) is 103 cm³/mol. The fourth-order valence-corrected chi connectivity index (χ4v) is 2.87. The minimum atomic E-state index is -0.277. The quantitative estimate of drug-likeness (QED) is 0.700. The number of halogens is 1. The van der Waals surface area contributed by atoms with Gasteiger partial charge in [-0.2, -0.15) is 0 Å². The molecular formula is C18H19IN2O3. The fraction of sp³-hybridized carbons (Fsp3) is 0.222. The van der Waals surface area contributed by atoms with E-state index in [1.165, 1.54) is 0 Å². The summed E-state index contributed by atoms with van der Waals surface area (Å²) in [7, 11) is 1.58. The molecule has 0 aromatic heterocycles. The van der Waals surface area contributed by atoms with Gasteiger partial charge in [-0.3, -0.25) is 9.59 Å². The lowest BCUT2D eigenvalue weighted by atomic mass is 10.1. The molecule has 0 bridgehead atoms. The highest BCUT2D eigenvalue weighted by atomic mass is 127. The number of hydrogen-bond acceptors (Lipinski definition) is 3. The molecule has 2 N–H and O–H groups in total. The molecule has 2 aromatic rings. The normalized spacial score (nSPS) is 10.4. The maximum atomic E-state index is 12.5. The third kappa shape index (κ3) is 4.47. The van der Waals surface area contributed by atoms with E-state index in [9.17, 15) is 9.59 Å². The van der Waals surface area contributed by atoms with E-state index >= 15 is 0 Å². The number of para-hydroxylation sites is 1. The fourth-order valence-electron chi connectivity index (χ4n) is 2.13. The summed E-state index contributed by atoms with van der Waals surface area (Å²) in [5.41, 5.74) is 1.41. The lowest BCUT2D eigenvalue weighted by Gasteiger charge is -2.13. The predicted octanol–water partition coefficient (Wildman–Crippen LogP) is 3.69. The molecule has 0 aliphatic carbocycles. The summed E-state index contributed by atoms with van der Waals surface area (Å²) in [6.45, 7) is 3.77. The van der Waals surface area contributed by atoms with E-state index in [1.807, 2.05) is 13.8 Å². The third-order valence-corrected chi connectivity index (χ3v) is 4.10. The summed E-state index contributed by atoms with van der Waals surface area (Å²) in [6.07, 6.45) is 0. The van der Waals surface area contributed by atoms with Gasteiger partial charge in [-0.05, 0) is 66.8 Å². The summed E-state index contributed by atoms with van der Waals surface area (Å²) in [6, 6.07) is 12.1. The van der Waals surface area contributed by atoms with E-state index in [2.05, 4.69) is 33.2 Å². The monoisotopic (exact) mass is 438 g/mol. The number of nitrogens with one attached hydrogen (secondary N) is 2. The Morgan fingerprint density at radius 2 is 1.79 bits per heavy atom. The topological polar surface area (TPSA) is 67.4 Å². The van der Waals surface area contributed by atoms with Crippen LogP contribution in [-0.4, -0.2) is 25.0 Å². The largest absolute Gasteiger partial charge is 0.496 e. The zero-order valence-corrected chi connectivity index (χ0v) is 15.9. The van der Waals surface area contributed by atoms with Crippen LogP contribution < -0.4 is 15.4 Å². The van der Waals surface area contributed by atoms with Crippen LogP contribution in [0.4, 0.5) is 5.69 Å². The molecule has 0 saturated carbocycles. The number of amides is 2. The van der Waals surface area contributed by atoms with Gasteiger partial charge in [0, 0.05) is 11.6 Å². The van der Waals surface area contributed by atoms with Crippen LogP contribution in [0.5, 0.6) is 5.75 Å². The Hall–Kier alpha value is -2.09. The molecule has 0 spiro atoms. The van der Waals surface area contributed by atoms with Gasteiger partial charge in [0.15, 0.2) is 0 Å². The van der Waals surface area contributed by atoms with Gasteiger partial charge >= 0.3 is 0 Å². The van der Waals surface area contributed by atoms with Crippen LogP contribution in [0.2, 0.25) is 0 Å². The van der Waals surface area contributed by atoms with Crippen molar-refractivity contribution in [3.63, 3.8) is 0 Å². The Morgan fingerprint density at radius 3 is 2.42 bits per heavy atom. The number of benzene rings is 2. The molecule has 0 aliphatic rings. The number of ether oxygens (including phenoxy) is 1. The second-order valence-corrected chi connectivity index (χ2v) is 6.64. The first-order chi connectivity index (χ1) is 11.4. The molecular weight excluding hydrogens is 419 g/mol. The molecule has 0 unspecified atom stereocenters. The molecule has 2 aromatic carbocycles. The highest BCUT2D eigenvalue weighted by Crippen LogP contribution is 2.23. The number of anilines is 1. The molecule has 5 nitrogen and oxygen atoms in total. The summed E-state index contributed by atoms with van der Waals surface area (Å²) in [4.78, 5) is 24.7. The Labute approximate surface area is 154 Å². The Bertz CT molecular complexity index is 760. The van der Waals surface area contributed by atoms with Gasteiger partial charge in [0.2, 0.25) is 0 Å². The summed E-state index contributed by atoms with van der Waals surface area (Å²) < 4.78 is 6.03. The zero-order chi connectivity index (χ0) is 17.7. The molecule has 0 saturated heterocycles. The van der Waals surface area contributed by atoms with E-state index in [-0.39, 0.29) is 17.9 Å². The van der Waals surface area contributed by atoms with Gasteiger partial charge in [-0.15, -0.1) is 0 Å². The van der Waals surface area contributed by atoms with E-state index in [0.29, 0.717) is 22.6 Å². The summed E-state index contributed by atoms with van der Waals surface area (Å²) >= 11 is 2.11. The highest BCUT2D eigenvalue weighted by Gasteiger charge is 2.15. The zero-order valence-electron chi connectivity index (χ0n) is 13.7. The average molecular weight is 438 g/mol. The van der Waals surface area contributed by atoms with E-state index in [1.54, 1.807) is 49.6 Å². The van der Waals surface area contributed by atoms with Crippen molar-refractivity contribution >= 4 is 40.1 Å². The van der Waals surface area contributed by atoms with Crippen molar-refractivity contribution in [1.82, 2.24) is 5.32 Å². The lowest BCUT2D eigenvalue weighted by molar-refractivity contribution is 0.0944. The smallest absolute Gasteiger partial charge is 0.255 e. The highest BCUT2D eigenvalue weighted by molar-refractivity contribution is 14.1. The van der Waals surface area contributed by atoms with Crippen molar-refractivity contribution in [2.45, 2.75) is 19.9 Å². The van der Waals surface area contributed by atoms with E-state index in [0.717, 1.165) is 3.57 Å². The first kappa shape index (κ1) is 18.3. The van der Waals surface area contributed by atoms with Gasteiger partial charge in [-0.1, -0.05) is 12.1 Å². The van der Waals surface area contributed by atoms with Gasteiger partial charge in [-0.25, -0.2) is 0 Å². The third-order valence-electron chi connectivity index (χ3n) is 3.25. The molecule has 2 rings (SSSR count). The second-order valence-electron chi connectivity index (χ2n) is 5.48. The van der Waals surface area contributed by atoms with E-state index < -0.39 is 0 Å². The molecule has 0 atom stereocenters. The number of hydrogen-bond donors (Lipinski definition) is 2. The van der Waals surface area contributed by atoms with Crippen molar-refractivity contribution in [3.05, 3.63) is 57.2 Å². The molecule has 0 heterocycles. The van der Waals surface area contributed by atoms with Crippen LogP contribution in [0, 0.1) is 3.57 Å². The summed E-state index contributed by atoms with van der Waals surface area (Å²) in [5.74, 6) is 0.217. The second kappa shape index (κ2) is 8.14. The Morgan fingerprint density at radius 1 is 1.08 bits per heavy atom. The molecule has 24 heavy (non-hydrogen) atoms. The molecule has 126 valence electrons. The van der Waals surface area contributed by atoms with Crippen molar-refractivity contribution in [1.29, 1.82) is 0 Å². The van der Waals surface area contributed by atoms with E-state index in [4.69, 9.17) is 4.74 Å². The first-order valence-electron chi connectivity index (χ1n) is 7.47. The van der Waals surface area contributed by atoms with Gasteiger partial charge in [0.05, 0.1) is 21.9 Å². The van der Waals surface area contributed by atoms with Crippen LogP contribution in [0.25, 0.3) is 0 Å².